The molecule has 1 aromatic heterocycles. The second-order valence-electron chi connectivity index (χ2n) is 3.85. The van der Waals surface area contributed by atoms with Crippen molar-refractivity contribution in [3.63, 3.8) is 0 Å². The van der Waals surface area contributed by atoms with Crippen molar-refractivity contribution in [2.24, 2.45) is 5.11 Å². The molecule has 0 N–H and O–H groups in total. The van der Waals surface area contributed by atoms with Gasteiger partial charge in [-0.05, 0) is 36.2 Å². The van der Waals surface area contributed by atoms with Gasteiger partial charge in [0.15, 0.2) is 0 Å². The van der Waals surface area contributed by atoms with Crippen LogP contribution in [0, 0.1) is 6.92 Å². The minimum Gasteiger partial charge on any atom is -0.240 e. The first kappa shape index (κ1) is 13.0. The summed E-state index contributed by atoms with van der Waals surface area (Å²) in [6, 6.07) is 2.94. The summed E-state index contributed by atoms with van der Waals surface area (Å²) in [5.41, 5.74) is 8.57. The van der Waals surface area contributed by atoms with Crippen molar-refractivity contribution in [3.05, 3.63) is 52.2 Å². The van der Waals surface area contributed by atoms with Crippen LogP contribution in [0.5, 0.6) is 0 Å². The third-order valence-corrected chi connectivity index (χ3v) is 2.41. The summed E-state index contributed by atoms with van der Waals surface area (Å²) in [6.07, 6.45) is -1.31. The van der Waals surface area contributed by atoms with Crippen molar-refractivity contribution in [2.45, 2.75) is 13.1 Å². The van der Waals surface area contributed by atoms with Crippen LogP contribution in [0.1, 0.15) is 11.1 Å². The van der Waals surface area contributed by atoms with Crippen molar-refractivity contribution >= 4 is 5.69 Å². The number of aryl methyl sites for hydroxylation is 1. The maximum atomic E-state index is 12.6. The lowest BCUT2D eigenvalue weighted by Gasteiger charge is -2.10. The Morgan fingerprint density at radius 2 is 2.11 bits per heavy atom. The van der Waals surface area contributed by atoms with E-state index in [0.717, 1.165) is 17.7 Å². The summed E-state index contributed by atoms with van der Waals surface area (Å²) in [4.78, 5) is 2.54. The largest absolute Gasteiger partial charge is 0.416 e. The van der Waals surface area contributed by atoms with Gasteiger partial charge in [0.25, 0.3) is 0 Å². The molecule has 2 rings (SSSR count). The minimum atomic E-state index is -4.49. The van der Waals surface area contributed by atoms with Gasteiger partial charge in [-0.15, -0.1) is 0 Å². The van der Waals surface area contributed by atoms with Crippen LogP contribution in [0.3, 0.4) is 0 Å². The van der Waals surface area contributed by atoms with E-state index in [4.69, 9.17) is 5.53 Å². The molecule has 0 aliphatic carbocycles. The highest BCUT2D eigenvalue weighted by molar-refractivity contribution is 5.58. The van der Waals surface area contributed by atoms with Crippen LogP contribution < -0.4 is 0 Å². The molecule has 0 saturated heterocycles. The van der Waals surface area contributed by atoms with Gasteiger partial charge < -0.3 is 0 Å². The van der Waals surface area contributed by atoms with Gasteiger partial charge in [0.1, 0.15) is 0 Å². The first-order chi connectivity index (χ1) is 8.91. The fourth-order valence-corrected chi connectivity index (χ4v) is 1.57. The predicted molar refractivity (Wildman–Crippen MR) is 62.1 cm³/mol. The number of alkyl halides is 3. The molecule has 0 fully saturated rings. The van der Waals surface area contributed by atoms with E-state index < -0.39 is 11.7 Å². The summed E-state index contributed by atoms with van der Waals surface area (Å²) in [5, 5.41) is 7.26. The molecule has 0 radical (unpaired) electrons. The Hall–Kier alpha value is -2.47. The van der Waals surface area contributed by atoms with E-state index in [1.807, 2.05) is 0 Å². The van der Waals surface area contributed by atoms with Crippen LogP contribution in [-0.4, -0.2) is 9.78 Å². The SMILES string of the molecule is Cc1cnn(-c2ccc(C(F)(F)F)cc2N=[N+]=[N-])c1. The molecule has 5 nitrogen and oxygen atoms in total. The lowest BCUT2D eigenvalue weighted by molar-refractivity contribution is -0.137. The zero-order chi connectivity index (χ0) is 14.0. The van der Waals surface area contributed by atoms with Gasteiger partial charge in [-0.25, -0.2) is 4.68 Å². The molecule has 19 heavy (non-hydrogen) atoms. The number of hydrogen-bond donors (Lipinski definition) is 0. The molecule has 98 valence electrons. The van der Waals surface area contributed by atoms with E-state index in [9.17, 15) is 13.2 Å². The fourth-order valence-electron chi connectivity index (χ4n) is 1.57. The van der Waals surface area contributed by atoms with Gasteiger partial charge in [0.05, 0.1) is 23.1 Å². The molecule has 0 aliphatic heterocycles. The average molecular weight is 267 g/mol. The molecule has 0 amide bonds. The van der Waals surface area contributed by atoms with Gasteiger partial charge in [-0.3, -0.25) is 0 Å². The van der Waals surface area contributed by atoms with Crippen LogP contribution in [0.4, 0.5) is 18.9 Å². The standard InChI is InChI=1S/C11H8F3N5/c1-7-5-16-19(6-7)10-3-2-8(11(12,13)14)4-9(10)17-18-15/h2-6H,1H3. The van der Waals surface area contributed by atoms with E-state index in [1.165, 1.54) is 10.7 Å². The maximum Gasteiger partial charge on any atom is 0.416 e. The number of aromatic nitrogens is 2. The van der Waals surface area contributed by atoms with E-state index in [-0.39, 0.29) is 5.69 Å². The zero-order valence-electron chi connectivity index (χ0n) is 9.76. The third kappa shape index (κ3) is 2.69. The summed E-state index contributed by atoms with van der Waals surface area (Å²) >= 11 is 0. The van der Waals surface area contributed by atoms with Gasteiger partial charge in [-0.1, -0.05) is 5.11 Å². The van der Waals surface area contributed by atoms with Crippen molar-refractivity contribution in [3.8, 4) is 5.69 Å². The Balaban J connectivity index is 2.59. The number of hydrogen-bond acceptors (Lipinski definition) is 2. The van der Waals surface area contributed by atoms with Gasteiger partial charge in [0, 0.05) is 11.1 Å². The third-order valence-electron chi connectivity index (χ3n) is 2.41. The van der Waals surface area contributed by atoms with Crippen LogP contribution >= 0.6 is 0 Å². The second-order valence-corrected chi connectivity index (χ2v) is 3.85. The first-order valence-corrected chi connectivity index (χ1v) is 5.20. The van der Waals surface area contributed by atoms with Crippen LogP contribution in [-0.2, 0) is 6.18 Å². The van der Waals surface area contributed by atoms with Crippen molar-refractivity contribution in [2.75, 3.05) is 0 Å². The highest BCUT2D eigenvalue weighted by atomic mass is 19.4. The normalized spacial score (nSPS) is 11.2. The number of rotatable bonds is 2. The summed E-state index contributed by atoms with van der Waals surface area (Å²) in [5.74, 6) is 0. The van der Waals surface area contributed by atoms with Crippen LogP contribution in [0.25, 0.3) is 16.1 Å². The molecule has 0 saturated carbocycles. The molecule has 0 aliphatic rings. The van der Waals surface area contributed by atoms with Crippen molar-refractivity contribution in [1.82, 2.24) is 9.78 Å². The average Bonchev–Trinajstić information content (AvgIpc) is 2.75. The molecular formula is C11H8F3N5. The highest BCUT2D eigenvalue weighted by Gasteiger charge is 2.31. The Morgan fingerprint density at radius 3 is 2.63 bits per heavy atom. The summed E-state index contributed by atoms with van der Waals surface area (Å²) < 4.78 is 39.1. The highest BCUT2D eigenvalue weighted by Crippen LogP contribution is 2.34. The molecule has 8 heteroatoms. The topological polar surface area (TPSA) is 66.6 Å². The molecule has 1 aromatic carbocycles. The number of azide groups is 1. The maximum absolute atomic E-state index is 12.6. The van der Waals surface area contributed by atoms with E-state index in [0.29, 0.717) is 5.69 Å². The fraction of sp³-hybridized carbons (Fsp3) is 0.182. The Labute approximate surface area is 105 Å². The Morgan fingerprint density at radius 1 is 1.37 bits per heavy atom. The van der Waals surface area contributed by atoms with E-state index in [1.54, 1.807) is 19.3 Å². The number of nitrogens with zero attached hydrogens (tertiary/aromatic N) is 5. The smallest absolute Gasteiger partial charge is 0.240 e. The van der Waals surface area contributed by atoms with Gasteiger partial charge >= 0.3 is 6.18 Å². The summed E-state index contributed by atoms with van der Waals surface area (Å²) in [7, 11) is 0. The molecule has 0 spiro atoms. The Kier molecular flexibility index (Phi) is 3.18. The quantitative estimate of drug-likeness (QED) is 0.458. The lowest BCUT2D eigenvalue weighted by atomic mass is 10.1. The first-order valence-electron chi connectivity index (χ1n) is 5.20. The summed E-state index contributed by atoms with van der Waals surface area (Å²) in [6.45, 7) is 1.79. The van der Waals surface area contributed by atoms with Gasteiger partial charge in [-0.2, -0.15) is 18.3 Å². The second kappa shape index (κ2) is 4.66. The molecular weight excluding hydrogens is 259 g/mol. The predicted octanol–water partition coefficient (Wildman–Crippen LogP) is 4.14. The number of benzene rings is 1. The lowest BCUT2D eigenvalue weighted by Crippen LogP contribution is -2.05. The molecule has 2 aromatic rings. The molecule has 0 atom stereocenters. The molecule has 0 bridgehead atoms. The monoisotopic (exact) mass is 267 g/mol. The zero-order valence-corrected chi connectivity index (χ0v) is 9.76. The van der Waals surface area contributed by atoms with Crippen LogP contribution in [0.15, 0.2) is 35.7 Å². The van der Waals surface area contributed by atoms with Gasteiger partial charge in [0.2, 0.25) is 0 Å². The molecule has 0 unspecified atom stereocenters. The molecule has 1 heterocycles. The van der Waals surface area contributed by atoms with Crippen molar-refractivity contribution in [1.29, 1.82) is 0 Å². The Bertz CT molecular complexity index is 653. The number of halogens is 3. The van der Waals surface area contributed by atoms with Crippen LogP contribution in [0.2, 0.25) is 0 Å². The van der Waals surface area contributed by atoms with E-state index >= 15 is 0 Å². The minimum absolute atomic E-state index is 0.125. The van der Waals surface area contributed by atoms with E-state index in [2.05, 4.69) is 15.1 Å². The van der Waals surface area contributed by atoms with Crippen molar-refractivity contribution < 1.29 is 13.2 Å².